The largest absolute Gasteiger partial charge is 0.481 e. The van der Waals surface area contributed by atoms with Crippen LogP contribution in [0.25, 0.3) is 0 Å². The summed E-state index contributed by atoms with van der Waals surface area (Å²) >= 11 is 1.69. The van der Waals surface area contributed by atoms with Crippen molar-refractivity contribution in [3.05, 3.63) is 0 Å². The second-order valence-corrected chi connectivity index (χ2v) is 7.80. The third-order valence-electron chi connectivity index (χ3n) is 4.79. The molecule has 0 saturated carbocycles. The molecule has 6 nitrogen and oxygen atoms in total. The Kier molecular flexibility index (Phi) is 3.63. The third kappa shape index (κ3) is 2.52. The van der Waals surface area contributed by atoms with E-state index in [1.165, 1.54) is 0 Å². The fourth-order valence-electron chi connectivity index (χ4n) is 3.66. The van der Waals surface area contributed by atoms with Crippen molar-refractivity contribution in [3.8, 4) is 0 Å². The van der Waals surface area contributed by atoms with Crippen LogP contribution in [0, 0.1) is 5.92 Å². The van der Waals surface area contributed by atoms with Gasteiger partial charge in [-0.15, -0.1) is 11.8 Å². The van der Waals surface area contributed by atoms with Crippen LogP contribution < -0.4 is 0 Å². The van der Waals surface area contributed by atoms with Crippen molar-refractivity contribution in [2.75, 3.05) is 18.8 Å². The van der Waals surface area contributed by atoms with Gasteiger partial charge in [0.25, 0.3) is 0 Å². The maximum Gasteiger partial charge on any atom is 0.303 e. The molecule has 3 aliphatic rings. The molecule has 1 N–H and O–H groups in total. The van der Waals surface area contributed by atoms with E-state index in [0.717, 1.165) is 12.8 Å². The van der Waals surface area contributed by atoms with Gasteiger partial charge in [-0.25, -0.2) is 0 Å². The van der Waals surface area contributed by atoms with Crippen LogP contribution in [0.5, 0.6) is 0 Å². The number of nitrogens with zero attached hydrogens (tertiary/aromatic N) is 2. The number of hydrogen-bond donors (Lipinski definition) is 1. The first kappa shape index (κ1) is 14.7. The molecule has 0 aromatic carbocycles. The Morgan fingerprint density at radius 1 is 1.48 bits per heavy atom. The molecule has 7 heteroatoms. The van der Waals surface area contributed by atoms with Crippen molar-refractivity contribution < 1.29 is 19.5 Å². The van der Waals surface area contributed by atoms with E-state index in [1.54, 1.807) is 21.6 Å². The highest BCUT2D eigenvalue weighted by molar-refractivity contribution is 8.01. The minimum absolute atomic E-state index is 0.00522. The quantitative estimate of drug-likeness (QED) is 0.832. The van der Waals surface area contributed by atoms with Crippen molar-refractivity contribution in [1.82, 2.24) is 9.80 Å². The molecule has 3 unspecified atom stereocenters. The van der Waals surface area contributed by atoms with Crippen LogP contribution >= 0.6 is 11.8 Å². The van der Waals surface area contributed by atoms with Gasteiger partial charge in [0.15, 0.2) is 0 Å². The molecule has 0 spiro atoms. The summed E-state index contributed by atoms with van der Waals surface area (Å²) < 4.78 is 0. The van der Waals surface area contributed by atoms with Crippen molar-refractivity contribution in [1.29, 1.82) is 0 Å². The van der Waals surface area contributed by atoms with E-state index >= 15 is 0 Å². The Bertz CT molecular complexity index is 497. The molecule has 0 aromatic heterocycles. The van der Waals surface area contributed by atoms with E-state index in [4.69, 9.17) is 5.11 Å². The van der Waals surface area contributed by atoms with E-state index in [1.807, 2.05) is 6.92 Å². The minimum atomic E-state index is -0.812. The van der Waals surface area contributed by atoms with Crippen LogP contribution in [0.15, 0.2) is 0 Å². The van der Waals surface area contributed by atoms with Crippen LogP contribution in [-0.4, -0.2) is 62.4 Å². The molecule has 3 heterocycles. The van der Waals surface area contributed by atoms with E-state index in [-0.39, 0.29) is 35.1 Å². The van der Waals surface area contributed by atoms with Gasteiger partial charge in [-0.2, -0.15) is 0 Å². The number of amides is 2. The number of fused-ring (bicyclic) bond motifs is 1. The van der Waals surface area contributed by atoms with Gasteiger partial charge < -0.3 is 14.9 Å². The topological polar surface area (TPSA) is 77.9 Å². The van der Waals surface area contributed by atoms with Gasteiger partial charge in [0.05, 0.1) is 4.87 Å². The lowest BCUT2D eigenvalue weighted by Crippen LogP contribution is -2.50. The molecule has 3 atom stereocenters. The summed E-state index contributed by atoms with van der Waals surface area (Å²) in [7, 11) is 0. The van der Waals surface area contributed by atoms with E-state index in [2.05, 4.69) is 0 Å². The van der Waals surface area contributed by atoms with Crippen molar-refractivity contribution >= 4 is 29.5 Å². The Balaban J connectivity index is 1.67. The van der Waals surface area contributed by atoms with E-state index < -0.39 is 5.97 Å². The highest BCUT2D eigenvalue weighted by Gasteiger charge is 2.53. The zero-order valence-corrected chi connectivity index (χ0v) is 12.9. The molecular weight excluding hydrogens is 292 g/mol. The van der Waals surface area contributed by atoms with Crippen molar-refractivity contribution in [3.63, 3.8) is 0 Å². The number of rotatable bonds is 3. The zero-order valence-electron chi connectivity index (χ0n) is 12.1. The molecule has 3 aliphatic heterocycles. The molecule has 116 valence electrons. The normalized spacial score (nSPS) is 35.4. The molecule has 3 fully saturated rings. The van der Waals surface area contributed by atoms with Crippen LogP contribution in [0.1, 0.15) is 32.6 Å². The average Bonchev–Trinajstić information content (AvgIpc) is 3.06. The Hall–Kier alpha value is -1.24. The molecule has 0 bridgehead atoms. The number of carboxylic acid groups (broad SMARTS) is 1. The summed E-state index contributed by atoms with van der Waals surface area (Å²) in [4.78, 5) is 38.8. The summed E-state index contributed by atoms with van der Waals surface area (Å²) in [6.45, 7) is 3.15. The van der Waals surface area contributed by atoms with E-state index in [9.17, 15) is 14.4 Å². The third-order valence-corrected chi connectivity index (χ3v) is 6.30. The zero-order chi connectivity index (χ0) is 15.2. The number of carbonyl (C=O) groups excluding carboxylic acids is 2. The summed E-state index contributed by atoms with van der Waals surface area (Å²) in [5.41, 5.74) is 0. The van der Waals surface area contributed by atoms with Gasteiger partial charge in [0.2, 0.25) is 11.8 Å². The molecule has 3 rings (SSSR count). The van der Waals surface area contributed by atoms with Crippen LogP contribution in [0.3, 0.4) is 0 Å². The van der Waals surface area contributed by atoms with Crippen LogP contribution in [-0.2, 0) is 14.4 Å². The Labute approximate surface area is 127 Å². The Morgan fingerprint density at radius 2 is 2.24 bits per heavy atom. The van der Waals surface area contributed by atoms with Gasteiger partial charge in [0.1, 0.15) is 6.04 Å². The molecule has 21 heavy (non-hydrogen) atoms. The summed E-state index contributed by atoms with van der Waals surface area (Å²) in [5, 5.41) is 8.84. The molecule has 0 aliphatic carbocycles. The summed E-state index contributed by atoms with van der Waals surface area (Å²) in [6, 6.07) is -0.362. The first-order chi connectivity index (χ1) is 9.90. The molecular formula is C14H20N2O4S. The number of thioether (sulfide) groups is 1. The fraction of sp³-hybridized carbons (Fsp3) is 0.786. The summed E-state index contributed by atoms with van der Waals surface area (Å²) in [5.74, 6) is -0.0491. The van der Waals surface area contributed by atoms with Crippen molar-refractivity contribution in [2.45, 2.75) is 43.5 Å². The number of aliphatic carboxylic acids is 1. The van der Waals surface area contributed by atoms with Crippen LogP contribution in [0.2, 0.25) is 0 Å². The molecule has 3 saturated heterocycles. The summed E-state index contributed by atoms with van der Waals surface area (Å²) in [6.07, 6.45) is 2.18. The highest BCUT2D eigenvalue weighted by atomic mass is 32.2. The van der Waals surface area contributed by atoms with Gasteiger partial charge in [-0.1, -0.05) is 0 Å². The number of likely N-dealkylation sites (tertiary alicyclic amines) is 1. The lowest BCUT2D eigenvalue weighted by molar-refractivity contribution is -0.143. The predicted molar refractivity (Wildman–Crippen MR) is 77.7 cm³/mol. The van der Waals surface area contributed by atoms with Gasteiger partial charge in [-0.05, 0) is 25.7 Å². The van der Waals surface area contributed by atoms with Crippen LogP contribution in [0.4, 0.5) is 0 Å². The average molecular weight is 312 g/mol. The van der Waals surface area contributed by atoms with Gasteiger partial charge >= 0.3 is 5.97 Å². The number of hydrogen-bond acceptors (Lipinski definition) is 4. The SMILES string of the molecule is CC12CCC(=O)N1C(C(=O)N1CCC(CC(=O)O)C1)CS2. The molecule has 0 aromatic rings. The van der Waals surface area contributed by atoms with E-state index in [0.29, 0.717) is 25.3 Å². The van der Waals surface area contributed by atoms with Crippen molar-refractivity contribution in [2.24, 2.45) is 5.92 Å². The maximum atomic E-state index is 12.7. The monoisotopic (exact) mass is 312 g/mol. The maximum absolute atomic E-state index is 12.7. The first-order valence-electron chi connectivity index (χ1n) is 7.37. The lowest BCUT2D eigenvalue weighted by Gasteiger charge is -2.31. The second kappa shape index (κ2) is 5.19. The Morgan fingerprint density at radius 3 is 2.95 bits per heavy atom. The standard InChI is InChI=1S/C14H20N2O4S/c1-14-4-2-11(17)16(14)10(8-21-14)13(20)15-5-3-9(7-15)6-12(18)19/h9-10H,2-8H2,1H3,(H,18,19). The predicted octanol–water partition coefficient (Wildman–Crippen LogP) is 0.764. The lowest BCUT2D eigenvalue weighted by atomic mass is 10.1. The highest BCUT2D eigenvalue weighted by Crippen LogP contribution is 2.47. The minimum Gasteiger partial charge on any atom is -0.481 e. The first-order valence-corrected chi connectivity index (χ1v) is 8.36. The molecule has 2 amide bonds. The smallest absolute Gasteiger partial charge is 0.303 e. The fourth-order valence-corrected chi connectivity index (χ4v) is 5.08. The second-order valence-electron chi connectivity index (χ2n) is 6.30. The van der Waals surface area contributed by atoms with Gasteiger partial charge in [-0.3, -0.25) is 14.4 Å². The molecule has 0 radical (unpaired) electrons. The van der Waals surface area contributed by atoms with Gasteiger partial charge in [0, 0.05) is 31.7 Å². The number of carboxylic acids is 1. The number of carbonyl (C=O) groups is 3.